The second kappa shape index (κ2) is 6.09. The number of aliphatic hydroxyl groups excluding tert-OH is 1. The Morgan fingerprint density at radius 2 is 2.00 bits per heavy atom. The minimum atomic E-state index is -0.624. The molecule has 0 unspecified atom stereocenters. The van der Waals surface area contributed by atoms with Crippen LogP contribution in [0.15, 0.2) is 4.47 Å². The number of phenols is 1. The minimum absolute atomic E-state index is 0.0143. The average Bonchev–Trinajstić information content (AvgIpc) is 2.41. The van der Waals surface area contributed by atoms with E-state index < -0.39 is 6.29 Å². The van der Waals surface area contributed by atoms with E-state index in [0.29, 0.717) is 34.6 Å². The van der Waals surface area contributed by atoms with Gasteiger partial charge in [0.25, 0.3) is 0 Å². The van der Waals surface area contributed by atoms with Crippen LogP contribution in [0.5, 0.6) is 11.5 Å². The lowest BCUT2D eigenvalue weighted by Crippen LogP contribution is -2.19. The van der Waals surface area contributed by atoms with Gasteiger partial charge in [-0.1, -0.05) is 0 Å². The fraction of sp³-hybridized carbons (Fsp3) is 0.538. The Morgan fingerprint density at radius 3 is 2.53 bits per heavy atom. The van der Waals surface area contributed by atoms with Gasteiger partial charge in [0.05, 0.1) is 37.0 Å². The zero-order valence-electron chi connectivity index (χ0n) is 10.9. The lowest BCUT2D eigenvalue weighted by Gasteiger charge is -2.27. The number of aliphatic hydroxyl groups is 1. The quantitative estimate of drug-likeness (QED) is 0.889. The van der Waals surface area contributed by atoms with Gasteiger partial charge < -0.3 is 24.4 Å². The van der Waals surface area contributed by atoms with Gasteiger partial charge in [-0.25, -0.2) is 0 Å². The van der Waals surface area contributed by atoms with E-state index >= 15 is 0 Å². The van der Waals surface area contributed by atoms with E-state index in [1.807, 2.05) is 6.92 Å². The van der Waals surface area contributed by atoms with E-state index in [4.69, 9.17) is 14.2 Å². The Kier molecular flexibility index (Phi) is 4.67. The van der Waals surface area contributed by atoms with E-state index in [9.17, 15) is 10.2 Å². The maximum absolute atomic E-state index is 10.3. The summed E-state index contributed by atoms with van der Waals surface area (Å²) in [6.45, 7) is 2.68. The molecule has 0 radical (unpaired) electrons. The summed E-state index contributed by atoms with van der Waals surface area (Å²) in [6.07, 6.45) is 0.206. The van der Waals surface area contributed by atoms with Crippen LogP contribution in [0, 0.1) is 6.92 Å². The average molecular weight is 333 g/mol. The molecule has 0 atom stereocenters. The van der Waals surface area contributed by atoms with Gasteiger partial charge in [-0.05, 0) is 29.3 Å². The number of aromatic hydroxyl groups is 1. The second-order valence-corrected chi connectivity index (χ2v) is 5.09. The highest BCUT2D eigenvalue weighted by Crippen LogP contribution is 2.45. The standard InChI is InChI=1S/C13H17BrO5/c1-7-9(13-18-4-3-5-19-13)11(16)8(6-15)10(14)12(7)17-2/h13,15-16H,3-6H2,1-2H3. The van der Waals surface area contributed by atoms with Crippen molar-refractivity contribution in [2.75, 3.05) is 20.3 Å². The summed E-state index contributed by atoms with van der Waals surface area (Å²) >= 11 is 3.33. The molecule has 1 fully saturated rings. The van der Waals surface area contributed by atoms with Gasteiger partial charge in [0.15, 0.2) is 6.29 Å². The van der Waals surface area contributed by atoms with E-state index in [-0.39, 0.29) is 12.4 Å². The second-order valence-electron chi connectivity index (χ2n) is 4.30. The summed E-state index contributed by atoms with van der Waals surface area (Å²) in [5.41, 5.74) is 1.62. The van der Waals surface area contributed by atoms with Crippen LogP contribution >= 0.6 is 15.9 Å². The van der Waals surface area contributed by atoms with Crippen LogP contribution in [-0.4, -0.2) is 30.5 Å². The van der Waals surface area contributed by atoms with Crippen LogP contribution in [0.2, 0.25) is 0 Å². The van der Waals surface area contributed by atoms with Gasteiger partial charge in [-0.15, -0.1) is 0 Å². The first-order chi connectivity index (χ1) is 9.11. The summed E-state index contributed by atoms with van der Waals surface area (Å²) in [5, 5.41) is 19.7. The van der Waals surface area contributed by atoms with Gasteiger partial charge in [0.2, 0.25) is 0 Å². The number of halogens is 1. The van der Waals surface area contributed by atoms with Crippen LogP contribution in [-0.2, 0) is 16.1 Å². The minimum Gasteiger partial charge on any atom is -0.507 e. The monoisotopic (exact) mass is 332 g/mol. The maximum atomic E-state index is 10.3. The summed E-state index contributed by atoms with van der Waals surface area (Å²) < 4.78 is 16.9. The molecule has 0 aliphatic carbocycles. The predicted octanol–water partition coefficient (Wildman–Crippen LogP) is 2.40. The summed E-state index contributed by atoms with van der Waals surface area (Å²) in [6, 6.07) is 0. The van der Waals surface area contributed by atoms with Crippen molar-refractivity contribution < 1.29 is 24.4 Å². The van der Waals surface area contributed by atoms with Crippen LogP contribution < -0.4 is 4.74 Å². The fourth-order valence-corrected chi connectivity index (χ4v) is 2.97. The lowest BCUT2D eigenvalue weighted by atomic mass is 10.0. The molecule has 0 spiro atoms. The Balaban J connectivity index is 2.58. The summed E-state index contributed by atoms with van der Waals surface area (Å²) in [4.78, 5) is 0. The first-order valence-corrected chi connectivity index (χ1v) is 6.83. The van der Waals surface area contributed by atoms with Crippen LogP contribution in [0.3, 0.4) is 0 Å². The Bertz CT molecular complexity index is 438. The van der Waals surface area contributed by atoms with Gasteiger partial charge in [-0.3, -0.25) is 0 Å². The molecule has 0 bridgehead atoms. The number of ether oxygens (including phenoxy) is 3. The predicted molar refractivity (Wildman–Crippen MR) is 72.3 cm³/mol. The van der Waals surface area contributed by atoms with Gasteiger partial charge >= 0.3 is 0 Å². The molecule has 0 amide bonds. The van der Waals surface area contributed by atoms with Crippen molar-refractivity contribution in [1.82, 2.24) is 0 Å². The lowest BCUT2D eigenvalue weighted by molar-refractivity contribution is -0.184. The van der Waals surface area contributed by atoms with Crippen molar-refractivity contribution in [3.63, 3.8) is 0 Å². The topological polar surface area (TPSA) is 68.2 Å². The van der Waals surface area contributed by atoms with Crippen molar-refractivity contribution in [3.8, 4) is 11.5 Å². The SMILES string of the molecule is COc1c(C)c(C2OCCCO2)c(O)c(CO)c1Br. The van der Waals surface area contributed by atoms with Crippen molar-refractivity contribution in [2.45, 2.75) is 26.2 Å². The third-order valence-corrected chi connectivity index (χ3v) is 4.01. The molecule has 6 heteroatoms. The first-order valence-electron chi connectivity index (χ1n) is 6.03. The van der Waals surface area contributed by atoms with Crippen LogP contribution in [0.1, 0.15) is 29.4 Å². The van der Waals surface area contributed by atoms with Crippen molar-refractivity contribution in [1.29, 1.82) is 0 Å². The molecule has 1 aliphatic rings. The van der Waals surface area contributed by atoms with Crippen molar-refractivity contribution in [3.05, 3.63) is 21.2 Å². The van der Waals surface area contributed by atoms with Crippen LogP contribution in [0.25, 0.3) is 0 Å². The van der Waals surface area contributed by atoms with Gasteiger partial charge in [0, 0.05) is 11.1 Å². The third kappa shape index (κ3) is 2.58. The molecule has 0 aromatic heterocycles. The molecule has 1 aliphatic heterocycles. The van der Waals surface area contributed by atoms with Crippen molar-refractivity contribution >= 4 is 15.9 Å². The largest absolute Gasteiger partial charge is 0.507 e. The Hall–Kier alpha value is -0.820. The molecule has 1 heterocycles. The zero-order valence-corrected chi connectivity index (χ0v) is 12.5. The molecule has 0 saturated carbocycles. The number of rotatable bonds is 3. The number of hydrogen-bond donors (Lipinski definition) is 2. The molecule has 2 rings (SSSR count). The molecule has 2 N–H and O–H groups in total. The molecule has 5 nitrogen and oxygen atoms in total. The normalized spacial score (nSPS) is 16.6. The fourth-order valence-electron chi connectivity index (χ4n) is 2.20. The highest BCUT2D eigenvalue weighted by Gasteiger charge is 2.28. The summed E-state index contributed by atoms with van der Waals surface area (Å²) in [5.74, 6) is 0.550. The van der Waals surface area contributed by atoms with E-state index in [0.717, 1.165) is 12.0 Å². The summed E-state index contributed by atoms with van der Waals surface area (Å²) in [7, 11) is 1.54. The molecule has 19 heavy (non-hydrogen) atoms. The highest BCUT2D eigenvalue weighted by molar-refractivity contribution is 9.10. The van der Waals surface area contributed by atoms with Gasteiger partial charge in [-0.2, -0.15) is 0 Å². The smallest absolute Gasteiger partial charge is 0.187 e. The first kappa shape index (κ1) is 14.6. The molecular formula is C13H17BrO5. The zero-order chi connectivity index (χ0) is 14.0. The molecule has 106 valence electrons. The molecule has 1 saturated heterocycles. The van der Waals surface area contributed by atoms with E-state index in [1.165, 1.54) is 7.11 Å². The number of methoxy groups -OCH3 is 1. The highest BCUT2D eigenvalue weighted by atomic mass is 79.9. The Labute approximate surface area is 120 Å². The van der Waals surface area contributed by atoms with Gasteiger partial charge in [0.1, 0.15) is 11.5 Å². The molecule has 1 aromatic carbocycles. The van der Waals surface area contributed by atoms with E-state index in [2.05, 4.69) is 15.9 Å². The Morgan fingerprint density at radius 1 is 1.37 bits per heavy atom. The third-order valence-electron chi connectivity index (χ3n) is 3.17. The molecular weight excluding hydrogens is 316 g/mol. The van der Waals surface area contributed by atoms with E-state index in [1.54, 1.807) is 0 Å². The number of benzene rings is 1. The number of hydrogen-bond acceptors (Lipinski definition) is 5. The van der Waals surface area contributed by atoms with Crippen molar-refractivity contribution in [2.24, 2.45) is 0 Å². The molecule has 1 aromatic rings. The maximum Gasteiger partial charge on any atom is 0.187 e. The van der Waals surface area contributed by atoms with Crippen LogP contribution in [0.4, 0.5) is 0 Å².